The Hall–Kier alpha value is -0.450. The van der Waals surface area contributed by atoms with E-state index in [-0.39, 0.29) is 6.10 Å². The molecule has 0 amide bonds. The molecular weight excluding hydrogens is 293 g/mol. The quantitative estimate of drug-likeness (QED) is 0.669. The van der Waals surface area contributed by atoms with Gasteiger partial charge in [-0.2, -0.15) is 0 Å². The van der Waals surface area contributed by atoms with E-state index in [1.54, 1.807) is 12.1 Å². The van der Waals surface area contributed by atoms with Crippen LogP contribution in [0, 0.1) is 0 Å². The summed E-state index contributed by atoms with van der Waals surface area (Å²) in [5.74, 6) is 0.608. The van der Waals surface area contributed by atoms with Gasteiger partial charge in [0.2, 0.25) is 0 Å². The van der Waals surface area contributed by atoms with E-state index in [0.29, 0.717) is 29.7 Å². The first-order chi connectivity index (χ1) is 7.50. The molecule has 0 unspecified atom stereocenters. The third-order valence-corrected chi connectivity index (χ3v) is 2.63. The largest absolute Gasteiger partial charge is 0.488 e. The number of hydrogen-bond acceptors (Lipinski definition) is 3. The number of nitrogens with two attached hydrogens (primary N) is 1. The zero-order valence-corrected chi connectivity index (χ0v) is 11.6. The number of ether oxygens (including phenoxy) is 2. The molecule has 3 nitrogen and oxygen atoms in total. The second kappa shape index (κ2) is 6.33. The predicted octanol–water partition coefficient (Wildman–Crippen LogP) is 3.49. The molecule has 16 heavy (non-hydrogen) atoms. The Bertz CT molecular complexity index is 335. The van der Waals surface area contributed by atoms with Crippen LogP contribution in [0.1, 0.15) is 13.8 Å². The summed E-state index contributed by atoms with van der Waals surface area (Å²) in [4.78, 5) is 0. The average Bonchev–Trinajstić information content (AvgIpc) is 2.14. The van der Waals surface area contributed by atoms with Crippen molar-refractivity contribution >= 4 is 33.2 Å². The van der Waals surface area contributed by atoms with E-state index in [0.717, 1.165) is 4.47 Å². The van der Waals surface area contributed by atoms with Crippen molar-refractivity contribution in [3.05, 3.63) is 21.6 Å². The summed E-state index contributed by atoms with van der Waals surface area (Å²) < 4.78 is 11.6. The normalized spacial score (nSPS) is 10.8. The molecule has 90 valence electrons. The molecule has 1 aromatic rings. The van der Waals surface area contributed by atoms with Crippen LogP contribution in [0.4, 0.5) is 5.69 Å². The van der Waals surface area contributed by atoms with Crippen molar-refractivity contribution < 1.29 is 9.47 Å². The number of hydrogen-bond donors (Lipinski definition) is 1. The molecule has 0 aromatic heterocycles. The van der Waals surface area contributed by atoms with Crippen LogP contribution in [0.2, 0.25) is 5.02 Å². The molecule has 0 aliphatic heterocycles. The minimum absolute atomic E-state index is 0.203. The monoisotopic (exact) mass is 307 g/mol. The molecule has 0 heterocycles. The van der Waals surface area contributed by atoms with Gasteiger partial charge in [0.1, 0.15) is 6.61 Å². The lowest BCUT2D eigenvalue weighted by molar-refractivity contribution is 0.0553. The molecule has 0 atom stereocenters. The van der Waals surface area contributed by atoms with Crippen LogP contribution < -0.4 is 10.5 Å². The van der Waals surface area contributed by atoms with Crippen LogP contribution in [0.15, 0.2) is 16.6 Å². The first-order valence-corrected chi connectivity index (χ1v) is 6.16. The summed E-state index contributed by atoms with van der Waals surface area (Å²) in [6.07, 6.45) is 0.203. The van der Waals surface area contributed by atoms with E-state index < -0.39 is 0 Å². The summed E-state index contributed by atoms with van der Waals surface area (Å²) in [5, 5.41) is 0.579. The number of rotatable bonds is 5. The van der Waals surface area contributed by atoms with E-state index in [4.69, 9.17) is 26.8 Å². The molecule has 0 bridgehead atoms. The lowest BCUT2D eigenvalue weighted by Gasteiger charge is -2.12. The zero-order valence-electron chi connectivity index (χ0n) is 9.30. The van der Waals surface area contributed by atoms with E-state index in [1.807, 2.05) is 13.8 Å². The van der Waals surface area contributed by atoms with Gasteiger partial charge in [0.05, 0.1) is 22.9 Å². The van der Waals surface area contributed by atoms with Crippen LogP contribution >= 0.6 is 27.5 Å². The summed E-state index contributed by atoms with van der Waals surface area (Å²) in [6, 6.07) is 3.40. The summed E-state index contributed by atoms with van der Waals surface area (Å²) in [6.45, 7) is 4.95. The molecule has 0 aliphatic carbocycles. The third kappa shape index (κ3) is 4.20. The van der Waals surface area contributed by atoms with Crippen molar-refractivity contribution in [1.82, 2.24) is 0 Å². The fourth-order valence-corrected chi connectivity index (χ4v) is 2.11. The molecule has 1 rings (SSSR count). The van der Waals surface area contributed by atoms with Crippen molar-refractivity contribution in [3.63, 3.8) is 0 Å². The highest BCUT2D eigenvalue weighted by Gasteiger charge is 2.07. The van der Waals surface area contributed by atoms with Gasteiger partial charge in [-0.3, -0.25) is 0 Å². The van der Waals surface area contributed by atoms with Crippen molar-refractivity contribution in [1.29, 1.82) is 0 Å². The Morgan fingerprint density at radius 2 is 2.06 bits per heavy atom. The molecule has 0 fully saturated rings. The third-order valence-electron chi connectivity index (χ3n) is 1.82. The number of anilines is 1. The number of benzene rings is 1. The molecule has 0 radical (unpaired) electrons. The van der Waals surface area contributed by atoms with Gasteiger partial charge in [-0.1, -0.05) is 11.6 Å². The average molecular weight is 309 g/mol. The molecule has 0 saturated heterocycles. The lowest BCUT2D eigenvalue weighted by Crippen LogP contribution is -2.12. The van der Waals surface area contributed by atoms with Gasteiger partial charge in [0, 0.05) is 5.02 Å². The highest BCUT2D eigenvalue weighted by Crippen LogP contribution is 2.34. The first kappa shape index (κ1) is 13.6. The lowest BCUT2D eigenvalue weighted by atomic mass is 10.3. The Balaban J connectivity index is 2.54. The number of nitrogen functional groups attached to an aromatic ring is 1. The smallest absolute Gasteiger partial charge is 0.156 e. The Morgan fingerprint density at radius 1 is 1.38 bits per heavy atom. The Kier molecular flexibility index (Phi) is 5.38. The second-order valence-corrected chi connectivity index (χ2v) is 4.86. The molecule has 2 N–H and O–H groups in total. The maximum Gasteiger partial charge on any atom is 0.156 e. The van der Waals surface area contributed by atoms with Crippen LogP contribution in [0.5, 0.6) is 5.75 Å². The van der Waals surface area contributed by atoms with Crippen molar-refractivity contribution in [2.75, 3.05) is 18.9 Å². The van der Waals surface area contributed by atoms with Gasteiger partial charge in [0.25, 0.3) is 0 Å². The van der Waals surface area contributed by atoms with E-state index in [9.17, 15) is 0 Å². The second-order valence-electron chi connectivity index (χ2n) is 3.57. The van der Waals surface area contributed by atoms with Crippen LogP contribution in [-0.4, -0.2) is 19.3 Å². The van der Waals surface area contributed by atoms with Crippen molar-refractivity contribution in [2.24, 2.45) is 0 Å². The topological polar surface area (TPSA) is 44.5 Å². The van der Waals surface area contributed by atoms with Gasteiger partial charge in [-0.15, -0.1) is 0 Å². The fourth-order valence-electron chi connectivity index (χ4n) is 1.16. The van der Waals surface area contributed by atoms with Crippen molar-refractivity contribution in [3.8, 4) is 5.75 Å². The number of halogens is 2. The van der Waals surface area contributed by atoms with Crippen LogP contribution in [0.3, 0.4) is 0 Å². The zero-order chi connectivity index (χ0) is 12.1. The van der Waals surface area contributed by atoms with Gasteiger partial charge in [-0.25, -0.2) is 0 Å². The van der Waals surface area contributed by atoms with Gasteiger partial charge in [-0.05, 0) is 41.9 Å². The van der Waals surface area contributed by atoms with Crippen molar-refractivity contribution in [2.45, 2.75) is 20.0 Å². The van der Waals surface area contributed by atoms with Gasteiger partial charge < -0.3 is 15.2 Å². The summed E-state index contributed by atoms with van der Waals surface area (Å²) >= 11 is 9.18. The highest BCUT2D eigenvalue weighted by atomic mass is 79.9. The minimum atomic E-state index is 0.203. The Labute approximate surface area is 109 Å². The minimum Gasteiger partial charge on any atom is -0.488 e. The maximum absolute atomic E-state index is 5.83. The molecule has 1 aromatic carbocycles. The molecule has 0 saturated carbocycles. The molecular formula is C11H15BrClNO2. The maximum atomic E-state index is 5.83. The van der Waals surface area contributed by atoms with E-state index in [2.05, 4.69) is 15.9 Å². The van der Waals surface area contributed by atoms with Gasteiger partial charge >= 0.3 is 0 Å². The molecule has 0 aliphatic rings. The summed E-state index contributed by atoms with van der Waals surface area (Å²) in [7, 11) is 0. The first-order valence-electron chi connectivity index (χ1n) is 4.99. The standard InChI is InChI=1S/C11H15BrClNO2/c1-7(2)15-3-4-16-11-9(12)5-8(13)6-10(11)14/h5-7H,3-4,14H2,1-2H3. The fraction of sp³-hybridized carbons (Fsp3) is 0.455. The van der Waals surface area contributed by atoms with Crippen LogP contribution in [-0.2, 0) is 4.74 Å². The van der Waals surface area contributed by atoms with E-state index >= 15 is 0 Å². The van der Waals surface area contributed by atoms with Gasteiger partial charge in [0.15, 0.2) is 5.75 Å². The van der Waals surface area contributed by atoms with Crippen LogP contribution in [0.25, 0.3) is 0 Å². The van der Waals surface area contributed by atoms with E-state index in [1.165, 1.54) is 0 Å². The summed E-state index contributed by atoms with van der Waals surface area (Å²) in [5.41, 5.74) is 6.30. The SMILES string of the molecule is CC(C)OCCOc1c(N)cc(Cl)cc1Br. The Morgan fingerprint density at radius 3 is 2.62 bits per heavy atom. The highest BCUT2D eigenvalue weighted by molar-refractivity contribution is 9.10. The molecule has 0 spiro atoms. The molecule has 5 heteroatoms. The predicted molar refractivity (Wildman–Crippen MR) is 70.1 cm³/mol.